The fraction of sp³-hybridized carbons (Fsp3) is 0.233. The second-order valence-electron chi connectivity index (χ2n) is 9.03. The molecule has 0 radical (unpaired) electrons. The SMILES string of the molecule is CC#CCOc1ccc(S(=O)(=O)N[C@@H](Cc2c(C)n(Cc3ccccc3F)c3ccc(OC)cc23)C(=O)O)cc1. The molecular formula is C30H29FN2O6S. The fourth-order valence-corrected chi connectivity index (χ4v) is 5.65. The van der Waals surface area contributed by atoms with Gasteiger partial charge in [0.25, 0.3) is 0 Å². The number of ether oxygens (including phenoxy) is 2. The van der Waals surface area contributed by atoms with Crippen LogP contribution in [-0.2, 0) is 27.8 Å². The van der Waals surface area contributed by atoms with Gasteiger partial charge in [0.2, 0.25) is 10.0 Å². The number of nitrogens with one attached hydrogen (secondary N) is 1. The number of halogens is 1. The number of aromatic nitrogens is 1. The van der Waals surface area contributed by atoms with Crippen molar-refractivity contribution >= 4 is 26.9 Å². The van der Waals surface area contributed by atoms with Crippen molar-refractivity contribution in [3.8, 4) is 23.3 Å². The molecular weight excluding hydrogens is 535 g/mol. The number of methoxy groups -OCH3 is 1. The molecule has 40 heavy (non-hydrogen) atoms. The summed E-state index contributed by atoms with van der Waals surface area (Å²) in [6, 6.07) is 15.9. The van der Waals surface area contributed by atoms with E-state index < -0.39 is 22.0 Å². The molecule has 208 valence electrons. The Balaban J connectivity index is 1.67. The van der Waals surface area contributed by atoms with Gasteiger partial charge in [-0.3, -0.25) is 4.79 Å². The van der Waals surface area contributed by atoms with Crippen LogP contribution in [0.4, 0.5) is 4.39 Å². The Bertz CT molecular complexity index is 1700. The molecule has 1 heterocycles. The zero-order valence-electron chi connectivity index (χ0n) is 22.3. The first-order valence-electron chi connectivity index (χ1n) is 12.4. The maximum absolute atomic E-state index is 14.5. The summed E-state index contributed by atoms with van der Waals surface area (Å²) in [5.41, 5.74) is 2.51. The Morgan fingerprint density at radius 2 is 1.80 bits per heavy atom. The summed E-state index contributed by atoms with van der Waals surface area (Å²) >= 11 is 0. The van der Waals surface area contributed by atoms with Crippen LogP contribution in [0.2, 0.25) is 0 Å². The molecule has 0 bridgehead atoms. The highest BCUT2D eigenvalue weighted by Gasteiger charge is 2.28. The van der Waals surface area contributed by atoms with Crippen LogP contribution in [-0.4, -0.2) is 43.8 Å². The monoisotopic (exact) mass is 564 g/mol. The maximum atomic E-state index is 14.5. The normalized spacial score (nSPS) is 12.0. The third-order valence-corrected chi connectivity index (χ3v) is 8.06. The van der Waals surface area contributed by atoms with Gasteiger partial charge in [0.1, 0.15) is 30.0 Å². The molecule has 1 atom stereocenters. The topological polar surface area (TPSA) is 107 Å². The van der Waals surface area contributed by atoms with Gasteiger partial charge in [0.05, 0.1) is 18.6 Å². The second kappa shape index (κ2) is 12.2. The average Bonchev–Trinajstić information content (AvgIpc) is 3.19. The summed E-state index contributed by atoms with van der Waals surface area (Å²) < 4.78 is 55.8. The van der Waals surface area contributed by atoms with E-state index in [4.69, 9.17) is 9.47 Å². The van der Waals surface area contributed by atoms with E-state index in [9.17, 15) is 22.7 Å². The van der Waals surface area contributed by atoms with Crippen LogP contribution >= 0.6 is 0 Å². The van der Waals surface area contributed by atoms with Crippen molar-refractivity contribution < 1.29 is 32.2 Å². The predicted octanol–water partition coefficient (Wildman–Crippen LogP) is 4.52. The van der Waals surface area contributed by atoms with E-state index >= 15 is 0 Å². The van der Waals surface area contributed by atoms with Crippen LogP contribution in [0.15, 0.2) is 71.6 Å². The maximum Gasteiger partial charge on any atom is 0.322 e. The molecule has 0 aliphatic heterocycles. The van der Waals surface area contributed by atoms with Crippen LogP contribution in [0.25, 0.3) is 10.9 Å². The molecule has 10 heteroatoms. The summed E-state index contributed by atoms with van der Waals surface area (Å²) in [5.74, 6) is 4.75. The summed E-state index contributed by atoms with van der Waals surface area (Å²) in [7, 11) is -2.67. The lowest BCUT2D eigenvalue weighted by Crippen LogP contribution is -2.42. The van der Waals surface area contributed by atoms with Crippen LogP contribution in [0.3, 0.4) is 0 Å². The van der Waals surface area contributed by atoms with Gasteiger partial charge in [0.15, 0.2) is 0 Å². The lowest BCUT2D eigenvalue weighted by Gasteiger charge is -2.16. The average molecular weight is 565 g/mol. The van der Waals surface area contributed by atoms with Crippen molar-refractivity contribution in [3.63, 3.8) is 0 Å². The highest BCUT2D eigenvalue weighted by Crippen LogP contribution is 2.32. The van der Waals surface area contributed by atoms with Gasteiger partial charge in [-0.2, -0.15) is 4.72 Å². The highest BCUT2D eigenvalue weighted by atomic mass is 32.2. The third kappa shape index (κ3) is 6.28. The molecule has 4 aromatic rings. The standard InChI is InChI=1S/C30H29FN2O6S/c1-4-5-16-39-22-10-13-24(14-11-22)40(36,37)32-28(30(34)35)18-25-20(2)33(19-21-8-6-7-9-27(21)31)29-15-12-23(38-3)17-26(25)29/h6-15,17,28,32H,16,18-19H2,1-3H3,(H,34,35)/t28-/m0/s1. The minimum absolute atomic E-state index is 0.104. The minimum Gasteiger partial charge on any atom is -0.497 e. The Morgan fingerprint density at radius 3 is 2.45 bits per heavy atom. The summed E-state index contributed by atoms with van der Waals surface area (Å²) in [6.07, 6.45) is -0.148. The number of carboxylic acids is 1. The Morgan fingerprint density at radius 1 is 1.10 bits per heavy atom. The van der Waals surface area contributed by atoms with E-state index in [0.29, 0.717) is 33.7 Å². The van der Waals surface area contributed by atoms with Crippen molar-refractivity contribution in [1.29, 1.82) is 0 Å². The van der Waals surface area contributed by atoms with Crippen LogP contribution in [0, 0.1) is 24.6 Å². The predicted molar refractivity (Wildman–Crippen MR) is 150 cm³/mol. The molecule has 8 nitrogen and oxygen atoms in total. The lowest BCUT2D eigenvalue weighted by molar-refractivity contribution is -0.138. The van der Waals surface area contributed by atoms with Crippen LogP contribution in [0.5, 0.6) is 11.5 Å². The first-order chi connectivity index (χ1) is 19.1. The molecule has 0 saturated heterocycles. The summed E-state index contributed by atoms with van der Waals surface area (Å²) in [4.78, 5) is 12.2. The third-order valence-electron chi connectivity index (χ3n) is 6.57. The summed E-state index contributed by atoms with van der Waals surface area (Å²) in [6.45, 7) is 3.86. The molecule has 3 aromatic carbocycles. The highest BCUT2D eigenvalue weighted by molar-refractivity contribution is 7.89. The van der Waals surface area contributed by atoms with Crippen molar-refractivity contribution in [3.05, 3.63) is 89.4 Å². The van der Waals surface area contributed by atoms with Gasteiger partial charge in [-0.05, 0) is 67.9 Å². The molecule has 0 fully saturated rings. The molecule has 4 rings (SSSR count). The van der Waals surface area contributed by atoms with Gasteiger partial charge < -0.3 is 19.1 Å². The number of carboxylic acid groups (broad SMARTS) is 1. The molecule has 0 aliphatic rings. The van der Waals surface area contributed by atoms with Crippen LogP contribution in [0.1, 0.15) is 23.7 Å². The zero-order valence-corrected chi connectivity index (χ0v) is 23.1. The molecule has 0 unspecified atom stereocenters. The Labute approximate surface area is 232 Å². The molecule has 0 saturated carbocycles. The number of aliphatic carboxylic acids is 1. The minimum atomic E-state index is -4.19. The first-order valence-corrected chi connectivity index (χ1v) is 13.9. The number of benzene rings is 3. The number of rotatable bonds is 11. The van der Waals surface area contributed by atoms with Gasteiger partial charge in [0, 0.05) is 28.6 Å². The second-order valence-corrected chi connectivity index (χ2v) is 10.7. The van der Waals surface area contributed by atoms with E-state index in [0.717, 1.165) is 5.52 Å². The number of carbonyl (C=O) groups is 1. The van der Waals surface area contributed by atoms with E-state index in [1.54, 1.807) is 44.2 Å². The lowest BCUT2D eigenvalue weighted by atomic mass is 10.0. The largest absolute Gasteiger partial charge is 0.497 e. The fourth-order valence-electron chi connectivity index (χ4n) is 4.46. The first kappa shape index (κ1) is 28.7. The van der Waals surface area contributed by atoms with Crippen LogP contribution < -0.4 is 14.2 Å². The van der Waals surface area contributed by atoms with E-state index in [2.05, 4.69) is 16.6 Å². The van der Waals surface area contributed by atoms with Gasteiger partial charge in [-0.15, -0.1) is 5.92 Å². The van der Waals surface area contributed by atoms with Gasteiger partial charge in [-0.1, -0.05) is 24.1 Å². The van der Waals surface area contributed by atoms with E-state index in [1.807, 2.05) is 10.6 Å². The molecule has 1 aromatic heterocycles. The number of hydrogen-bond acceptors (Lipinski definition) is 5. The molecule has 0 aliphatic carbocycles. The van der Waals surface area contributed by atoms with Crippen molar-refractivity contribution in [1.82, 2.24) is 9.29 Å². The van der Waals surface area contributed by atoms with Gasteiger partial charge >= 0.3 is 5.97 Å². The summed E-state index contributed by atoms with van der Waals surface area (Å²) in [5, 5.41) is 10.7. The van der Waals surface area contributed by atoms with E-state index in [1.165, 1.54) is 37.4 Å². The molecule has 2 N–H and O–H groups in total. The number of sulfonamides is 1. The van der Waals surface area contributed by atoms with Crippen molar-refractivity contribution in [2.75, 3.05) is 13.7 Å². The van der Waals surface area contributed by atoms with E-state index in [-0.39, 0.29) is 30.3 Å². The Hall–Kier alpha value is -4.33. The quantitative estimate of drug-likeness (QED) is 0.260. The smallest absolute Gasteiger partial charge is 0.322 e. The number of hydrogen-bond donors (Lipinski definition) is 2. The Kier molecular flexibility index (Phi) is 8.77. The molecule has 0 spiro atoms. The number of fused-ring (bicyclic) bond motifs is 1. The van der Waals surface area contributed by atoms with Crippen molar-refractivity contribution in [2.45, 2.75) is 37.8 Å². The van der Waals surface area contributed by atoms with Crippen molar-refractivity contribution in [2.24, 2.45) is 0 Å². The van der Waals surface area contributed by atoms with Gasteiger partial charge in [-0.25, -0.2) is 12.8 Å². The number of nitrogens with zero attached hydrogens (tertiary/aromatic N) is 1. The zero-order chi connectivity index (χ0) is 28.9. The molecule has 0 amide bonds.